The van der Waals surface area contributed by atoms with Gasteiger partial charge in [-0.15, -0.1) is 0 Å². The predicted octanol–water partition coefficient (Wildman–Crippen LogP) is 0.487. The number of nitrogens with one attached hydrogen (secondary N) is 5. The van der Waals surface area contributed by atoms with E-state index in [-0.39, 0.29) is 37.0 Å². The van der Waals surface area contributed by atoms with Crippen LogP contribution in [0.4, 0.5) is 0 Å². The fourth-order valence-corrected chi connectivity index (χ4v) is 3.51. The van der Waals surface area contributed by atoms with Crippen LogP contribution in [0.2, 0.25) is 0 Å². The van der Waals surface area contributed by atoms with E-state index in [1.54, 1.807) is 0 Å². The van der Waals surface area contributed by atoms with E-state index < -0.39 is 35.9 Å². The van der Waals surface area contributed by atoms with Crippen LogP contribution >= 0.6 is 0 Å². The lowest BCUT2D eigenvalue weighted by molar-refractivity contribution is -0.142. The number of rotatable bonds is 15. The summed E-state index contributed by atoms with van der Waals surface area (Å²) in [5.74, 6) is -2.81. The number of amides is 3. The van der Waals surface area contributed by atoms with Crippen molar-refractivity contribution < 1.29 is 24.3 Å². The number of unbranched alkanes of at least 4 members (excludes halogenated alkanes) is 1. The number of nitrogens with two attached hydrogens (primary N) is 1. The Morgan fingerprint density at radius 3 is 2.09 bits per heavy atom. The van der Waals surface area contributed by atoms with Gasteiger partial charge in [-0.25, -0.2) is 4.79 Å². The molecule has 0 unspecified atom stereocenters. The second kappa shape index (κ2) is 15.3. The summed E-state index contributed by atoms with van der Waals surface area (Å²) in [7, 11) is 0. The first-order valence-corrected chi connectivity index (χ1v) is 11.7. The molecular weight excluding hydrogens is 452 g/mol. The first kappa shape index (κ1) is 29.4. The molecule has 0 radical (unpaired) electrons. The van der Waals surface area contributed by atoms with Crippen molar-refractivity contribution in [3.8, 4) is 0 Å². The highest BCUT2D eigenvalue weighted by atomic mass is 16.4. The molecule has 0 aliphatic heterocycles. The lowest BCUT2D eigenvalue weighted by Crippen LogP contribution is -2.56. The zero-order valence-corrected chi connectivity index (χ0v) is 20.6. The number of carboxylic acid groups (broad SMARTS) is 1. The third-order valence-corrected chi connectivity index (χ3v) is 5.17. The maximum Gasteiger partial charge on any atom is 0.326 e. The number of benzene rings is 1. The molecule has 35 heavy (non-hydrogen) atoms. The van der Waals surface area contributed by atoms with Gasteiger partial charge in [0.15, 0.2) is 5.96 Å². The molecule has 8 N–H and O–H groups in total. The highest BCUT2D eigenvalue weighted by Crippen LogP contribution is 2.09. The Bertz CT molecular complexity index is 861. The van der Waals surface area contributed by atoms with Crippen molar-refractivity contribution in [3.05, 3.63) is 35.9 Å². The Balaban J connectivity index is 2.97. The van der Waals surface area contributed by atoms with Crippen LogP contribution in [-0.4, -0.2) is 59.4 Å². The Morgan fingerprint density at radius 2 is 1.54 bits per heavy atom. The molecule has 0 spiro atoms. The highest BCUT2D eigenvalue weighted by molar-refractivity contribution is 5.93. The van der Waals surface area contributed by atoms with Gasteiger partial charge < -0.3 is 32.1 Å². The molecule has 11 heteroatoms. The van der Waals surface area contributed by atoms with Crippen molar-refractivity contribution in [2.24, 2.45) is 11.7 Å². The molecule has 0 saturated heterocycles. The molecule has 0 aromatic heterocycles. The van der Waals surface area contributed by atoms with E-state index in [1.165, 1.54) is 6.92 Å². The van der Waals surface area contributed by atoms with Crippen LogP contribution in [0.25, 0.3) is 0 Å². The molecule has 0 aliphatic rings. The van der Waals surface area contributed by atoms with Crippen molar-refractivity contribution in [2.45, 2.75) is 71.0 Å². The van der Waals surface area contributed by atoms with E-state index in [9.17, 15) is 24.3 Å². The summed E-state index contributed by atoms with van der Waals surface area (Å²) in [6.45, 7) is 5.43. The van der Waals surface area contributed by atoms with Gasteiger partial charge in [0, 0.05) is 19.9 Å². The molecule has 11 nitrogen and oxygen atoms in total. The van der Waals surface area contributed by atoms with Gasteiger partial charge in [-0.2, -0.15) is 0 Å². The predicted molar refractivity (Wildman–Crippen MR) is 132 cm³/mol. The number of hydrogen-bond donors (Lipinski definition) is 7. The zero-order chi connectivity index (χ0) is 26.4. The number of guanidine groups is 1. The summed E-state index contributed by atoms with van der Waals surface area (Å²) in [6, 6.07) is 6.16. The molecule has 194 valence electrons. The minimum Gasteiger partial charge on any atom is -0.480 e. The van der Waals surface area contributed by atoms with Gasteiger partial charge in [-0.3, -0.25) is 19.8 Å². The van der Waals surface area contributed by atoms with Crippen LogP contribution < -0.4 is 27.0 Å². The topological polar surface area (TPSA) is 186 Å². The standard InChI is InChI=1S/C24H38N6O5/c1-15(2)13-20(23(34)35)30-21(32)18(11-7-8-12-27-24(25)26)29-22(33)19(28-16(3)31)14-17-9-5-4-6-10-17/h4-6,9-10,15,18-20H,7-8,11-14H2,1-3H3,(H,28,31)(H,29,33)(H,30,32)(H,34,35)(H4,25,26,27)/t18-,19-,20-/m0/s1. The third kappa shape index (κ3) is 12.4. The second-order valence-electron chi connectivity index (χ2n) is 8.87. The van der Waals surface area contributed by atoms with Crippen LogP contribution in [0.3, 0.4) is 0 Å². The fourth-order valence-electron chi connectivity index (χ4n) is 3.51. The summed E-state index contributed by atoms with van der Waals surface area (Å²) in [5.41, 5.74) is 6.10. The lowest BCUT2D eigenvalue weighted by Gasteiger charge is -2.25. The largest absolute Gasteiger partial charge is 0.480 e. The number of aliphatic carboxylic acids is 1. The normalized spacial score (nSPS) is 13.3. The first-order chi connectivity index (χ1) is 16.5. The third-order valence-electron chi connectivity index (χ3n) is 5.17. The molecule has 0 fully saturated rings. The molecule has 0 bridgehead atoms. The molecule has 1 rings (SSSR count). The quantitative estimate of drug-likeness (QED) is 0.106. The fraction of sp³-hybridized carbons (Fsp3) is 0.542. The second-order valence-corrected chi connectivity index (χ2v) is 8.87. The van der Waals surface area contributed by atoms with Crippen molar-refractivity contribution >= 4 is 29.7 Å². The Kier molecular flexibility index (Phi) is 12.9. The number of carbonyl (C=O) groups is 4. The van der Waals surface area contributed by atoms with Gasteiger partial charge in [0.25, 0.3) is 0 Å². The molecule has 3 amide bonds. The van der Waals surface area contributed by atoms with Gasteiger partial charge in [0.2, 0.25) is 17.7 Å². The van der Waals surface area contributed by atoms with Crippen molar-refractivity contribution in [2.75, 3.05) is 6.54 Å². The number of carboxylic acids is 1. The van der Waals surface area contributed by atoms with Crippen molar-refractivity contribution in [1.29, 1.82) is 5.41 Å². The molecule has 1 aromatic carbocycles. The van der Waals surface area contributed by atoms with Crippen LogP contribution in [0, 0.1) is 11.3 Å². The van der Waals surface area contributed by atoms with E-state index in [2.05, 4.69) is 21.3 Å². The average molecular weight is 491 g/mol. The van der Waals surface area contributed by atoms with E-state index >= 15 is 0 Å². The van der Waals surface area contributed by atoms with Gasteiger partial charge in [0.1, 0.15) is 18.1 Å². The van der Waals surface area contributed by atoms with Crippen LogP contribution in [0.15, 0.2) is 30.3 Å². The SMILES string of the molecule is CC(=O)N[C@@H](Cc1ccccc1)C(=O)N[C@@H](CCCCNC(=N)N)C(=O)N[C@@H](CC(C)C)C(=O)O. The summed E-state index contributed by atoms with van der Waals surface area (Å²) >= 11 is 0. The molecule has 3 atom stereocenters. The molecular formula is C24H38N6O5. The van der Waals surface area contributed by atoms with Crippen molar-refractivity contribution in [1.82, 2.24) is 21.3 Å². The lowest BCUT2D eigenvalue weighted by atomic mass is 10.0. The van der Waals surface area contributed by atoms with E-state index in [0.717, 1.165) is 5.56 Å². The minimum atomic E-state index is -1.15. The van der Waals surface area contributed by atoms with Gasteiger partial charge in [-0.1, -0.05) is 44.2 Å². The summed E-state index contributed by atoms with van der Waals surface area (Å²) in [5, 5.41) is 27.2. The smallest absolute Gasteiger partial charge is 0.326 e. The molecule has 0 aliphatic carbocycles. The molecule has 0 heterocycles. The Morgan fingerprint density at radius 1 is 0.943 bits per heavy atom. The molecule has 1 aromatic rings. The molecule has 0 saturated carbocycles. The summed E-state index contributed by atoms with van der Waals surface area (Å²) < 4.78 is 0. The average Bonchev–Trinajstić information content (AvgIpc) is 2.76. The summed E-state index contributed by atoms with van der Waals surface area (Å²) in [6.07, 6.45) is 1.79. The van der Waals surface area contributed by atoms with E-state index in [4.69, 9.17) is 11.1 Å². The number of carbonyl (C=O) groups excluding carboxylic acids is 3. The van der Waals surface area contributed by atoms with Gasteiger partial charge in [0.05, 0.1) is 0 Å². The van der Waals surface area contributed by atoms with Crippen LogP contribution in [-0.2, 0) is 25.6 Å². The highest BCUT2D eigenvalue weighted by Gasteiger charge is 2.29. The zero-order valence-electron chi connectivity index (χ0n) is 20.6. The van der Waals surface area contributed by atoms with Crippen LogP contribution in [0.5, 0.6) is 0 Å². The Hall–Kier alpha value is -3.63. The van der Waals surface area contributed by atoms with Crippen LogP contribution in [0.1, 0.15) is 52.0 Å². The monoisotopic (exact) mass is 490 g/mol. The van der Waals surface area contributed by atoms with E-state index in [1.807, 2.05) is 44.2 Å². The minimum absolute atomic E-state index is 0.0390. The van der Waals surface area contributed by atoms with Gasteiger partial charge in [-0.05, 0) is 37.2 Å². The van der Waals surface area contributed by atoms with Crippen molar-refractivity contribution in [3.63, 3.8) is 0 Å². The first-order valence-electron chi connectivity index (χ1n) is 11.7. The maximum atomic E-state index is 13.1. The maximum absolute atomic E-state index is 13.1. The summed E-state index contributed by atoms with van der Waals surface area (Å²) in [4.78, 5) is 49.4. The van der Waals surface area contributed by atoms with Gasteiger partial charge >= 0.3 is 5.97 Å². The Labute approximate surface area is 206 Å². The number of hydrogen-bond acceptors (Lipinski definition) is 5. The van der Waals surface area contributed by atoms with E-state index in [0.29, 0.717) is 19.4 Å².